The number of halogens is 1. The van der Waals surface area contributed by atoms with E-state index in [1.54, 1.807) is 13.2 Å². The minimum atomic E-state index is -1.03. The minimum absolute atomic E-state index is 0.127. The number of carbonyl (C=O) groups excluding carboxylic acids is 1. The van der Waals surface area contributed by atoms with Gasteiger partial charge in [0, 0.05) is 34.9 Å². The van der Waals surface area contributed by atoms with Crippen molar-refractivity contribution in [2.24, 2.45) is 0 Å². The summed E-state index contributed by atoms with van der Waals surface area (Å²) in [7, 11) is -1.03. The first-order valence-electron chi connectivity index (χ1n) is 6.08. The summed E-state index contributed by atoms with van der Waals surface area (Å²) in [5.74, 6) is -1.76. The first-order valence-corrected chi connectivity index (χ1v) is 7.70. The molecule has 0 heterocycles. The predicted molar refractivity (Wildman–Crippen MR) is 77.9 cm³/mol. The van der Waals surface area contributed by atoms with Gasteiger partial charge in [0.1, 0.15) is 17.1 Å². The highest BCUT2D eigenvalue weighted by atomic mass is 32.2. The van der Waals surface area contributed by atoms with Crippen LogP contribution in [0.25, 0.3) is 0 Å². The van der Waals surface area contributed by atoms with Gasteiger partial charge in [0.05, 0.1) is 4.92 Å². The van der Waals surface area contributed by atoms with Gasteiger partial charge in [0.25, 0.3) is 11.6 Å². The van der Waals surface area contributed by atoms with Crippen LogP contribution in [0.5, 0.6) is 0 Å². The van der Waals surface area contributed by atoms with Crippen molar-refractivity contribution >= 4 is 28.1 Å². The Bertz CT molecular complexity index is 594. The Labute approximate surface area is 123 Å². The summed E-state index contributed by atoms with van der Waals surface area (Å²) in [6.07, 6.45) is 1.98. The molecule has 21 heavy (non-hydrogen) atoms. The molecule has 0 aliphatic carbocycles. The second-order valence-electron chi connectivity index (χ2n) is 4.47. The Hall–Kier alpha value is -2.03. The molecule has 3 N–H and O–H groups in total. The van der Waals surface area contributed by atoms with Crippen LogP contribution in [0.1, 0.15) is 23.7 Å². The predicted octanol–water partition coefficient (Wildman–Crippen LogP) is 1.20. The van der Waals surface area contributed by atoms with E-state index in [-0.39, 0.29) is 11.8 Å². The monoisotopic (exact) mass is 317 g/mol. The number of nitro benzene ring substituents is 1. The molecule has 9 heteroatoms. The Morgan fingerprint density at radius 1 is 1.57 bits per heavy atom. The number of hydrogen-bond acceptors (Lipinski definition) is 5. The van der Waals surface area contributed by atoms with Crippen LogP contribution in [-0.2, 0) is 10.8 Å². The first kappa shape index (κ1) is 17.0. The first-order chi connectivity index (χ1) is 9.75. The van der Waals surface area contributed by atoms with E-state index in [1.807, 2.05) is 0 Å². The molecule has 0 bridgehead atoms. The SMILES string of the molecule is CC(CCNC(=O)c1c(F)ccc([N+](=O)[O-])c1N)S(C)=O. The lowest BCUT2D eigenvalue weighted by Gasteiger charge is -2.11. The van der Waals surface area contributed by atoms with Crippen LogP contribution in [0.4, 0.5) is 15.8 Å². The van der Waals surface area contributed by atoms with Crippen LogP contribution in [0, 0.1) is 15.9 Å². The number of carbonyl (C=O) groups is 1. The topological polar surface area (TPSA) is 115 Å². The number of nitrogens with two attached hydrogens (primary N) is 1. The van der Waals surface area contributed by atoms with Crippen molar-refractivity contribution in [3.8, 4) is 0 Å². The minimum Gasteiger partial charge on any atom is -0.392 e. The van der Waals surface area contributed by atoms with E-state index in [4.69, 9.17) is 5.73 Å². The van der Waals surface area contributed by atoms with Crippen LogP contribution in [0.3, 0.4) is 0 Å². The fourth-order valence-electron chi connectivity index (χ4n) is 1.62. The van der Waals surface area contributed by atoms with Gasteiger partial charge in [-0.2, -0.15) is 0 Å². The van der Waals surface area contributed by atoms with E-state index in [2.05, 4.69) is 5.32 Å². The van der Waals surface area contributed by atoms with Crippen LogP contribution in [0.2, 0.25) is 0 Å². The van der Waals surface area contributed by atoms with Gasteiger partial charge in [-0.3, -0.25) is 19.1 Å². The number of nitrogens with one attached hydrogen (secondary N) is 1. The molecule has 1 amide bonds. The fraction of sp³-hybridized carbons (Fsp3) is 0.417. The van der Waals surface area contributed by atoms with Gasteiger partial charge >= 0.3 is 0 Å². The number of hydrogen-bond donors (Lipinski definition) is 2. The number of rotatable bonds is 6. The molecule has 0 aliphatic rings. The number of anilines is 1. The second-order valence-corrected chi connectivity index (χ2v) is 6.27. The number of nitro groups is 1. The lowest BCUT2D eigenvalue weighted by molar-refractivity contribution is -0.384. The van der Waals surface area contributed by atoms with E-state index in [0.717, 1.165) is 12.1 Å². The molecule has 1 rings (SSSR count). The number of benzene rings is 1. The molecule has 0 fully saturated rings. The van der Waals surface area contributed by atoms with Crippen LogP contribution >= 0.6 is 0 Å². The zero-order valence-electron chi connectivity index (χ0n) is 11.6. The zero-order chi connectivity index (χ0) is 16.2. The van der Waals surface area contributed by atoms with E-state index in [0.29, 0.717) is 6.42 Å². The van der Waals surface area contributed by atoms with Crippen LogP contribution in [-0.4, -0.2) is 33.1 Å². The zero-order valence-corrected chi connectivity index (χ0v) is 12.4. The highest BCUT2D eigenvalue weighted by molar-refractivity contribution is 7.84. The highest BCUT2D eigenvalue weighted by Gasteiger charge is 2.23. The van der Waals surface area contributed by atoms with Crippen molar-refractivity contribution in [1.82, 2.24) is 5.32 Å². The van der Waals surface area contributed by atoms with E-state index in [9.17, 15) is 23.5 Å². The molecule has 116 valence electrons. The van der Waals surface area contributed by atoms with Crippen molar-refractivity contribution in [3.63, 3.8) is 0 Å². The molecule has 7 nitrogen and oxygen atoms in total. The number of amides is 1. The summed E-state index contributed by atoms with van der Waals surface area (Å²) in [6.45, 7) is 1.92. The van der Waals surface area contributed by atoms with Crippen LogP contribution < -0.4 is 11.1 Å². The summed E-state index contributed by atoms with van der Waals surface area (Å²) in [4.78, 5) is 21.8. The molecule has 2 atom stereocenters. The van der Waals surface area contributed by atoms with Crippen molar-refractivity contribution in [1.29, 1.82) is 0 Å². The lowest BCUT2D eigenvalue weighted by Crippen LogP contribution is -2.29. The van der Waals surface area contributed by atoms with Crippen molar-refractivity contribution in [2.75, 3.05) is 18.5 Å². The Balaban J connectivity index is 2.85. The Kier molecular flexibility index (Phi) is 5.77. The molecule has 0 aromatic heterocycles. The van der Waals surface area contributed by atoms with Gasteiger partial charge in [-0.1, -0.05) is 6.92 Å². The molecule has 2 unspecified atom stereocenters. The second kappa shape index (κ2) is 7.11. The maximum absolute atomic E-state index is 13.6. The van der Waals surface area contributed by atoms with Gasteiger partial charge in [-0.15, -0.1) is 0 Å². The molecule has 1 aromatic rings. The van der Waals surface area contributed by atoms with Crippen molar-refractivity contribution in [2.45, 2.75) is 18.6 Å². The molecular formula is C12H16FN3O4S. The third-order valence-electron chi connectivity index (χ3n) is 3.00. The molecular weight excluding hydrogens is 301 g/mol. The number of nitrogen functional groups attached to an aromatic ring is 1. The summed E-state index contributed by atoms with van der Waals surface area (Å²) in [5, 5.41) is 13.0. The lowest BCUT2D eigenvalue weighted by atomic mass is 10.1. The van der Waals surface area contributed by atoms with E-state index < -0.39 is 44.4 Å². The highest BCUT2D eigenvalue weighted by Crippen LogP contribution is 2.27. The summed E-state index contributed by atoms with van der Waals surface area (Å²) in [6, 6.07) is 1.73. The molecule has 0 aliphatic heterocycles. The van der Waals surface area contributed by atoms with Gasteiger partial charge in [-0.25, -0.2) is 4.39 Å². The van der Waals surface area contributed by atoms with Gasteiger partial charge in [0.2, 0.25) is 0 Å². The molecule has 1 aromatic carbocycles. The molecule has 0 radical (unpaired) electrons. The summed E-state index contributed by atoms with van der Waals surface area (Å²) >= 11 is 0. The van der Waals surface area contributed by atoms with Gasteiger partial charge in [0.15, 0.2) is 0 Å². The van der Waals surface area contributed by atoms with Gasteiger partial charge in [-0.05, 0) is 12.5 Å². The summed E-state index contributed by atoms with van der Waals surface area (Å²) in [5.41, 5.74) is 3.89. The maximum atomic E-state index is 13.6. The quantitative estimate of drug-likeness (QED) is 0.465. The Morgan fingerprint density at radius 3 is 2.71 bits per heavy atom. The smallest absolute Gasteiger partial charge is 0.293 e. The average molecular weight is 317 g/mol. The third-order valence-corrected chi connectivity index (χ3v) is 4.37. The van der Waals surface area contributed by atoms with Crippen molar-refractivity contribution in [3.05, 3.63) is 33.6 Å². The van der Waals surface area contributed by atoms with Crippen molar-refractivity contribution < 1.29 is 18.3 Å². The molecule has 0 saturated carbocycles. The van der Waals surface area contributed by atoms with E-state index >= 15 is 0 Å². The average Bonchev–Trinajstić information content (AvgIpc) is 2.37. The molecule has 0 spiro atoms. The molecule has 0 saturated heterocycles. The number of nitrogens with zero attached hydrogens (tertiary/aromatic N) is 1. The van der Waals surface area contributed by atoms with Crippen LogP contribution in [0.15, 0.2) is 12.1 Å². The Morgan fingerprint density at radius 2 is 2.19 bits per heavy atom. The third kappa shape index (κ3) is 4.22. The fourth-order valence-corrected chi connectivity index (χ4v) is 2.07. The normalized spacial score (nSPS) is 13.5. The van der Waals surface area contributed by atoms with Gasteiger partial charge < -0.3 is 11.1 Å². The maximum Gasteiger partial charge on any atom is 0.293 e. The van der Waals surface area contributed by atoms with E-state index in [1.165, 1.54) is 0 Å². The standard InChI is InChI=1S/C12H16FN3O4S/c1-7(21(2)20)5-6-15-12(17)10-8(13)3-4-9(11(10)14)16(18)19/h3-4,7H,5-6,14H2,1-2H3,(H,15,17). The summed E-state index contributed by atoms with van der Waals surface area (Å²) < 4.78 is 24.8. The largest absolute Gasteiger partial charge is 0.392 e.